The number of H-pyrrole nitrogens is 1. The summed E-state index contributed by atoms with van der Waals surface area (Å²) in [6.45, 7) is -0.0164. The number of aliphatic hydroxyl groups excluding tert-OH is 1. The number of aromatic amines is 1. The second-order valence-corrected chi connectivity index (χ2v) is 4.67. The van der Waals surface area contributed by atoms with Gasteiger partial charge in [-0.1, -0.05) is 11.6 Å². The minimum Gasteiger partial charge on any atom is -0.396 e. The Labute approximate surface area is 111 Å². The number of nitrogens with one attached hydrogen (secondary N) is 1. The molecule has 6 heteroatoms. The summed E-state index contributed by atoms with van der Waals surface area (Å²) in [5.74, 6) is 0.200. The highest BCUT2D eigenvalue weighted by atomic mass is 79.9. The van der Waals surface area contributed by atoms with Crippen LogP contribution in [0.25, 0.3) is 11.3 Å². The fourth-order valence-corrected chi connectivity index (χ4v) is 2.18. The van der Waals surface area contributed by atoms with Crippen LogP contribution in [-0.2, 0) is 6.42 Å². The number of rotatable bonds is 3. The molecule has 0 atom stereocenters. The van der Waals surface area contributed by atoms with Crippen molar-refractivity contribution in [3.63, 3.8) is 0 Å². The van der Waals surface area contributed by atoms with E-state index < -0.39 is 5.82 Å². The van der Waals surface area contributed by atoms with Gasteiger partial charge in [-0.3, -0.25) is 0 Å². The van der Waals surface area contributed by atoms with Gasteiger partial charge in [-0.15, -0.1) is 0 Å². The average Bonchev–Trinajstić information content (AvgIpc) is 2.64. The van der Waals surface area contributed by atoms with Crippen LogP contribution in [0, 0.1) is 5.82 Å². The van der Waals surface area contributed by atoms with Crippen LogP contribution in [0.4, 0.5) is 4.39 Å². The molecule has 0 fully saturated rings. The molecule has 2 aromatic rings. The van der Waals surface area contributed by atoms with Gasteiger partial charge < -0.3 is 10.1 Å². The molecule has 0 unspecified atom stereocenters. The summed E-state index contributed by atoms with van der Waals surface area (Å²) in [5, 5.41) is 9.26. The fourth-order valence-electron chi connectivity index (χ4n) is 1.48. The van der Waals surface area contributed by atoms with E-state index in [9.17, 15) is 4.39 Å². The maximum absolute atomic E-state index is 13.6. The van der Waals surface area contributed by atoms with Crippen LogP contribution < -0.4 is 0 Å². The van der Waals surface area contributed by atoms with Gasteiger partial charge in [-0.05, 0) is 34.1 Å². The molecule has 0 radical (unpaired) electrons. The van der Waals surface area contributed by atoms with Crippen LogP contribution in [0.2, 0.25) is 5.02 Å². The minimum absolute atomic E-state index is 0.0164. The Kier molecular flexibility index (Phi) is 3.81. The smallest absolute Gasteiger partial charge is 0.132 e. The lowest BCUT2D eigenvalue weighted by molar-refractivity contribution is 0.297. The third kappa shape index (κ3) is 2.68. The van der Waals surface area contributed by atoms with Crippen LogP contribution in [0.15, 0.2) is 22.8 Å². The first-order chi connectivity index (χ1) is 8.11. The second kappa shape index (κ2) is 5.16. The maximum Gasteiger partial charge on any atom is 0.132 e. The van der Waals surface area contributed by atoms with Crippen LogP contribution in [0.1, 0.15) is 5.82 Å². The van der Waals surface area contributed by atoms with Crippen molar-refractivity contribution in [2.24, 2.45) is 0 Å². The molecule has 0 bridgehead atoms. The van der Waals surface area contributed by atoms with Crippen LogP contribution in [0.3, 0.4) is 0 Å². The number of halogens is 3. The van der Waals surface area contributed by atoms with Crippen molar-refractivity contribution in [3.8, 4) is 11.3 Å². The molecule has 0 aliphatic heterocycles. The zero-order chi connectivity index (χ0) is 12.4. The maximum atomic E-state index is 13.6. The molecule has 2 rings (SSSR count). The van der Waals surface area contributed by atoms with E-state index in [4.69, 9.17) is 16.7 Å². The Morgan fingerprint density at radius 1 is 1.47 bits per heavy atom. The van der Waals surface area contributed by atoms with Crippen molar-refractivity contribution in [1.29, 1.82) is 0 Å². The molecular weight excluding hydrogens is 310 g/mol. The molecule has 1 aromatic carbocycles. The number of aliphatic hydroxyl groups is 1. The molecule has 3 nitrogen and oxygen atoms in total. The van der Waals surface area contributed by atoms with Gasteiger partial charge in [0.15, 0.2) is 0 Å². The molecule has 1 aromatic heterocycles. The Hall–Kier alpha value is -0.910. The summed E-state index contributed by atoms with van der Waals surface area (Å²) in [4.78, 5) is 7.14. The summed E-state index contributed by atoms with van der Waals surface area (Å²) < 4.78 is 14.2. The van der Waals surface area contributed by atoms with Gasteiger partial charge in [-0.2, -0.15) is 0 Å². The molecule has 0 saturated heterocycles. The molecule has 90 valence electrons. The van der Waals surface area contributed by atoms with Crippen molar-refractivity contribution in [2.75, 3.05) is 6.61 Å². The SMILES string of the molecule is OCCc1nc(-c2cc(Cl)ccc2F)c(Br)[nH]1. The first-order valence-corrected chi connectivity index (χ1v) is 6.09. The van der Waals surface area contributed by atoms with Crippen molar-refractivity contribution < 1.29 is 9.50 Å². The second-order valence-electron chi connectivity index (χ2n) is 3.44. The highest BCUT2D eigenvalue weighted by Gasteiger charge is 2.14. The van der Waals surface area contributed by atoms with E-state index in [0.29, 0.717) is 33.1 Å². The standard InChI is InChI=1S/C11H9BrClFN2O/c12-11-10(15-9(16-11)3-4-17)7-5-6(13)1-2-8(7)14/h1-2,5,17H,3-4H2,(H,15,16). The van der Waals surface area contributed by atoms with E-state index in [-0.39, 0.29) is 6.61 Å². The first kappa shape index (κ1) is 12.5. The number of hydrogen-bond acceptors (Lipinski definition) is 2. The number of nitrogens with zero attached hydrogens (tertiary/aromatic N) is 1. The van der Waals surface area contributed by atoms with Crippen LogP contribution in [-0.4, -0.2) is 21.7 Å². The Bertz CT molecular complexity index is 544. The van der Waals surface area contributed by atoms with E-state index in [1.807, 2.05) is 0 Å². The van der Waals surface area contributed by atoms with E-state index in [1.54, 1.807) is 0 Å². The van der Waals surface area contributed by atoms with Crippen molar-refractivity contribution in [1.82, 2.24) is 9.97 Å². The van der Waals surface area contributed by atoms with Gasteiger partial charge in [-0.25, -0.2) is 9.37 Å². The van der Waals surface area contributed by atoms with Gasteiger partial charge in [0.05, 0.1) is 6.61 Å². The van der Waals surface area contributed by atoms with E-state index in [0.717, 1.165) is 0 Å². The van der Waals surface area contributed by atoms with Gasteiger partial charge in [0.25, 0.3) is 0 Å². The van der Waals surface area contributed by atoms with E-state index in [2.05, 4.69) is 25.9 Å². The van der Waals surface area contributed by atoms with Crippen LogP contribution >= 0.6 is 27.5 Å². The van der Waals surface area contributed by atoms with Crippen LogP contribution in [0.5, 0.6) is 0 Å². The quantitative estimate of drug-likeness (QED) is 0.913. The van der Waals surface area contributed by atoms with Gasteiger partial charge in [0.1, 0.15) is 21.9 Å². The lowest BCUT2D eigenvalue weighted by Crippen LogP contribution is -1.92. The lowest BCUT2D eigenvalue weighted by Gasteiger charge is -2.00. The molecule has 0 spiro atoms. The Morgan fingerprint density at radius 2 is 2.24 bits per heavy atom. The summed E-state index contributed by atoms with van der Waals surface area (Å²) in [5.41, 5.74) is 0.776. The average molecular weight is 320 g/mol. The summed E-state index contributed by atoms with van der Waals surface area (Å²) in [6, 6.07) is 4.29. The zero-order valence-electron chi connectivity index (χ0n) is 8.67. The normalized spacial score (nSPS) is 10.8. The zero-order valence-corrected chi connectivity index (χ0v) is 11.0. The number of benzene rings is 1. The molecule has 0 saturated carbocycles. The minimum atomic E-state index is -0.392. The van der Waals surface area contributed by atoms with Gasteiger partial charge in [0.2, 0.25) is 0 Å². The highest BCUT2D eigenvalue weighted by Crippen LogP contribution is 2.30. The fraction of sp³-hybridized carbons (Fsp3) is 0.182. The predicted octanol–water partition coefficient (Wildman–Crippen LogP) is 3.17. The number of imidazole rings is 1. The Balaban J connectivity index is 2.48. The van der Waals surface area contributed by atoms with E-state index in [1.165, 1.54) is 18.2 Å². The molecule has 1 heterocycles. The number of aromatic nitrogens is 2. The summed E-state index contributed by atoms with van der Waals surface area (Å²) in [6.07, 6.45) is 0.390. The third-order valence-electron chi connectivity index (χ3n) is 2.24. The molecular formula is C11H9BrClFN2O. The summed E-state index contributed by atoms with van der Waals surface area (Å²) in [7, 11) is 0. The van der Waals surface area contributed by atoms with Gasteiger partial charge >= 0.3 is 0 Å². The molecule has 0 aliphatic rings. The van der Waals surface area contributed by atoms with Gasteiger partial charge in [0, 0.05) is 17.0 Å². The molecule has 0 amide bonds. The lowest BCUT2D eigenvalue weighted by atomic mass is 10.1. The van der Waals surface area contributed by atoms with E-state index >= 15 is 0 Å². The Morgan fingerprint density at radius 3 is 2.94 bits per heavy atom. The monoisotopic (exact) mass is 318 g/mol. The first-order valence-electron chi connectivity index (χ1n) is 4.92. The summed E-state index contributed by atoms with van der Waals surface area (Å²) >= 11 is 9.10. The molecule has 0 aliphatic carbocycles. The molecule has 17 heavy (non-hydrogen) atoms. The van der Waals surface area contributed by atoms with Crippen molar-refractivity contribution >= 4 is 27.5 Å². The third-order valence-corrected chi connectivity index (χ3v) is 3.05. The van der Waals surface area contributed by atoms with Crippen molar-refractivity contribution in [3.05, 3.63) is 39.5 Å². The predicted molar refractivity (Wildman–Crippen MR) is 67.5 cm³/mol. The largest absolute Gasteiger partial charge is 0.396 e. The highest BCUT2D eigenvalue weighted by molar-refractivity contribution is 9.10. The topological polar surface area (TPSA) is 48.9 Å². The van der Waals surface area contributed by atoms with Crippen molar-refractivity contribution in [2.45, 2.75) is 6.42 Å². The number of hydrogen-bond donors (Lipinski definition) is 2. The molecule has 2 N–H and O–H groups in total.